The molecule has 1 unspecified atom stereocenters. The van der Waals surface area contributed by atoms with Crippen molar-refractivity contribution in [1.29, 1.82) is 0 Å². The number of nitrogens with one attached hydrogen (secondary N) is 2. The number of aliphatic imine (C=N–C) groups is 1. The van der Waals surface area contributed by atoms with Crippen LogP contribution in [-0.4, -0.2) is 36.8 Å². The molecule has 0 saturated heterocycles. The van der Waals surface area contributed by atoms with Crippen LogP contribution in [-0.2, 0) is 13.6 Å². The lowest BCUT2D eigenvalue weighted by atomic mass is 10.3. The van der Waals surface area contributed by atoms with Gasteiger partial charge in [0.15, 0.2) is 5.96 Å². The van der Waals surface area contributed by atoms with Crippen LogP contribution in [0.1, 0.15) is 19.4 Å². The average Bonchev–Trinajstić information content (AvgIpc) is 3.03. The standard InChI is InChI=1S/C19H28N4O2/c1-5-20-19(22-13-16-9-10-23(3)14-16)21-12-15(2)25-18-8-6-7-17(11-18)24-4/h6-11,14-15H,5,12-13H2,1-4H3,(H2,20,21,22). The van der Waals surface area contributed by atoms with Gasteiger partial charge in [0.2, 0.25) is 0 Å². The van der Waals surface area contributed by atoms with Crippen LogP contribution in [0.4, 0.5) is 0 Å². The van der Waals surface area contributed by atoms with Gasteiger partial charge in [-0.2, -0.15) is 0 Å². The van der Waals surface area contributed by atoms with E-state index in [0.717, 1.165) is 24.0 Å². The number of rotatable bonds is 8. The fourth-order valence-electron chi connectivity index (χ4n) is 2.36. The number of benzene rings is 1. The first kappa shape index (κ1) is 18.7. The smallest absolute Gasteiger partial charge is 0.191 e. The number of hydrogen-bond donors (Lipinski definition) is 2. The van der Waals surface area contributed by atoms with Gasteiger partial charge in [0.1, 0.15) is 17.6 Å². The molecule has 6 heteroatoms. The number of aryl methyl sites for hydroxylation is 1. The molecule has 0 aliphatic heterocycles. The molecule has 1 aromatic heterocycles. The molecule has 25 heavy (non-hydrogen) atoms. The number of guanidine groups is 1. The first-order valence-corrected chi connectivity index (χ1v) is 8.54. The Kier molecular flexibility index (Phi) is 7.19. The molecule has 6 nitrogen and oxygen atoms in total. The van der Waals surface area contributed by atoms with Gasteiger partial charge in [-0.15, -0.1) is 0 Å². The van der Waals surface area contributed by atoms with Gasteiger partial charge in [-0.3, -0.25) is 0 Å². The molecule has 0 aliphatic rings. The molecule has 136 valence electrons. The van der Waals surface area contributed by atoms with Crippen molar-refractivity contribution in [3.8, 4) is 11.5 Å². The summed E-state index contributed by atoms with van der Waals surface area (Å²) in [5, 5.41) is 6.58. The Bertz CT molecular complexity index is 682. The normalized spacial score (nSPS) is 12.6. The minimum Gasteiger partial charge on any atom is -0.497 e. The van der Waals surface area contributed by atoms with Gasteiger partial charge in [0, 0.05) is 32.1 Å². The van der Waals surface area contributed by atoms with E-state index in [1.165, 1.54) is 5.56 Å². The third-order valence-electron chi connectivity index (χ3n) is 3.59. The highest BCUT2D eigenvalue weighted by atomic mass is 16.5. The van der Waals surface area contributed by atoms with Crippen LogP contribution in [0.15, 0.2) is 47.7 Å². The Hall–Kier alpha value is -2.63. The number of nitrogens with zero attached hydrogens (tertiary/aromatic N) is 2. The molecule has 0 spiro atoms. The third kappa shape index (κ3) is 6.41. The first-order valence-electron chi connectivity index (χ1n) is 8.54. The fourth-order valence-corrected chi connectivity index (χ4v) is 2.36. The summed E-state index contributed by atoms with van der Waals surface area (Å²) < 4.78 is 13.2. The SMILES string of the molecule is CCNC(=NCc1ccn(C)c1)NCC(C)Oc1cccc(OC)c1. The largest absolute Gasteiger partial charge is 0.497 e. The van der Waals surface area contributed by atoms with E-state index in [1.54, 1.807) is 7.11 Å². The quantitative estimate of drug-likeness (QED) is 0.571. The molecule has 0 amide bonds. The van der Waals surface area contributed by atoms with Crippen molar-refractivity contribution in [2.24, 2.45) is 12.0 Å². The van der Waals surface area contributed by atoms with Gasteiger partial charge >= 0.3 is 0 Å². The van der Waals surface area contributed by atoms with Crippen molar-refractivity contribution in [2.75, 3.05) is 20.2 Å². The number of ether oxygens (including phenoxy) is 2. The molecule has 0 radical (unpaired) electrons. The average molecular weight is 344 g/mol. The molecule has 1 atom stereocenters. The molecule has 1 aromatic carbocycles. The van der Waals surface area contributed by atoms with Gasteiger partial charge in [0.05, 0.1) is 20.2 Å². The molecular formula is C19H28N4O2. The lowest BCUT2D eigenvalue weighted by Crippen LogP contribution is -2.41. The van der Waals surface area contributed by atoms with E-state index in [-0.39, 0.29) is 6.10 Å². The predicted molar refractivity (Wildman–Crippen MR) is 101 cm³/mol. The van der Waals surface area contributed by atoms with Crippen LogP contribution >= 0.6 is 0 Å². The van der Waals surface area contributed by atoms with E-state index in [4.69, 9.17) is 9.47 Å². The lowest BCUT2D eigenvalue weighted by Gasteiger charge is -2.18. The first-order chi connectivity index (χ1) is 12.1. The summed E-state index contributed by atoms with van der Waals surface area (Å²) in [7, 11) is 3.66. The van der Waals surface area contributed by atoms with E-state index < -0.39 is 0 Å². The summed E-state index contributed by atoms with van der Waals surface area (Å²) in [6.07, 6.45) is 4.09. The second-order valence-electron chi connectivity index (χ2n) is 5.87. The molecular weight excluding hydrogens is 316 g/mol. The fraction of sp³-hybridized carbons (Fsp3) is 0.421. The molecule has 0 saturated carbocycles. The summed E-state index contributed by atoms with van der Waals surface area (Å²) in [6, 6.07) is 9.69. The minimum atomic E-state index is -0.00677. The van der Waals surface area contributed by atoms with Gasteiger partial charge in [-0.25, -0.2) is 4.99 Å². The van der Waals surface area contributed by atoms with Gasteiger partial charge in [0.25, 0.3) is 0 Å². The van der Waals surface area contributed by atoms with Crippen LogP contribution in [0.2, 0.25) is 0 Å². The summed E-state index contributed by atoms with van der Waals surface area (Å²) in [6.45, 7) is 6.17. The van der Waals surface area contributed by atoms with E-state index in [9.17, 15) is 0 Å². The minimum absolute atomic E-state index is 0.00677. The second-order valence-corrected chi connectivity index (χ2v) is 5.87. The van der Waals surface area contributed by atoms with Gasteiger partial charge in [-0.05, 0) is 37.6 Å². The monoisotopic (exact) mass is 344 g/mol. The van der Waals surface area contributed by atoms with Gasteiger partial charge < -0.3 is 24.7 Å². The summed E-state index contributed by atoms with van der Waals surface area (Å²) in [5.41, 5.74) is 1.18. The highest BCUT2D eigenvalue weighted by Crippen LogP contribution is 2.19. The Morgan fingerprint density at radius 1 is 1.24 bits per heavy atom. The molecule has 2 aromatic rings. The van der Waals surface area contributed by atoms with E-state index in [2.05, 4.69) is 34.8 Å². The van der Waals surface area contributed by atoms with Crippen LogP contribution in [0.25, 0.3) is 0 Å². The van der Waals surface area contributed by atoms with Crippen LogP contribution in [0, 0.1) is 0 Å². The summed E-state index contributed by atoms with van der Waals surface area (Å²) in [4.78, 5) is 4.61. The summed E-state index contributed by atoms with van der Waals surface area (Å²) >= 11 is 0. The van der Waals surface area contributed by atoms with E-state index >= 15 is 0 Å². The van der Waals surface area contributed by atoms with Crippen molar-refractivity contribution in [2.45, 2.75) is 26.5 Å². The van der Waals surface area contributed by atoms with Crippen molar-refractivity contribution in [3.05, 3.63) is 48.3 Å². The number of aromatic nitrogens is 1. The zero-order valence-corrected chi connectivity index (χ0v) is 15.5. The summed E-state index contributed by atoms with van der Waals surface area (Å²) in [5.74, 6) is 2.36. The van der Waals surface area contributed by atoms with Crippen molar-refractivity contribution in [3.63, 3.8) is 0 Å². The maximum Gasteiger partial charge on any atom is 0.191 e. The zero-order valence-electron chi connectivity index (χ0n) is 15.5. The Labute approximate surface area is 149 Å². The van der Waals surface area contributed by atoms with Crippen molar-refractivity contribution < 1.29 is 9.47 Å². The lowest BCUT2D eigenvalue weighted by molar-refractivity contribution is 0.223. The predicted octanol–water partition coefficient (Wildman–Crippen LogP) is 2.56. The molecule has 0 bridgehead atoms. The third-order valence-corrected chi connectivity index (χ3v) is 3.59. The van der Waals surface area contributed by atoms with Crippen molar-refractivity contribution >= 4 is 5.96 Å². The number of hydrogen-bond acceptors (Lipinski definition) is 3. The molecule has 1 heterocycles. The van der Waals surface area contributed by atoms with Crippen LogP contribution in [0.5, 0.6) is 11.5 Å². The molecule has 2 N–H and O–H groups in total. The van der Waals surface area contributed by atoms with E-state index in [1.807, 2.05) is 49.0 Å². The number of methoxy groups -OCH3 is 1. The topological polar surface area (TPSA) is 59.8 Å². The van der Waals surface area contributed by atoms with Gasteiger partial charge in [-0.1, -0.05) is 6.07 Å². The second kappa shape index (κ2) is 9.61. The molecule has 0 aliphatic carbocycles. The maximum atomic E-state index is 5.92. The zero-order chi connectivity index (χ0) is 18.1. The molecule has 0 fully saturated rings. The van der Waals surface area contributed by atoms with Crippen LogP contribution < -0.4 is 20.1 Å². The Morgan fingerprint density at radius 3 is 2.72 bits per heavy atom. The molecule has 2 rings (SSSR count). The highest BCUT2D eigenvalue weighted by molar-refractivity contribution is 5.79. The Morgan fingerprint density at radius 2 is 2.04 bits per heavy atom. The van der Waals surface area contributed by atoms with Crippen molar-refractivity contribution in [1.82, 2.24) is 15.2 Å². The van der Waals surface area contributed by atoms with E-state index in [0.29, 0.717) is 13.1 Å². The Balaban J connectivity index is 1.86. The highest BCUT2D eigenvalue weighted by Gasteiger charge is 2.07. The maximum absolute atomic E-state index is 5.92. The van der Waals surface area contributed by atoms with Crippen LogP contribution in [0.3, 0.4) is 0 Å².